The normalized spacial score (nSPS) is 16.9. The van der Waals surface area contributed by atoms with E-state index in [1.54, 1.807) is 11.3 Å². The van der Waals surface area contributed by atoms with Gasteiger partial charge in [-0.3, -0.25) is 9.69 Å². The van der Waals surface area contributed by atoms with Crippen LogP contribution in [0.3, 0.4) is 0 Å². The van der Waals surface area contributed by atoms with Gasteiger partial charge in [0.2, 0.25) is 0 Å². The Morgan fingerprint density at radius 3 is 2.85 bits per heavy atom. The molecule has 134 valence electrons. The Labute approximate surface area is 157 Å². The Morgan fingerprint density at radius 2 is 2.08 bits per heavy atom. The van der Waals surface area contributed by atoms with Crippen molar-refractivity contribution in [3.8, 4) is 0 Å². The molecule has 0 radical (unpaired) electrons. The molecule has 1 atom stereocenters. The minimum atomic E-state index is 0.000700. The molecule has 2 heterocycles. The fourth-order valence-corrected chi connectivity index (χ4v) is 4.32. The van der Waals surface area contributed by atoms with Crippen molar-refractivity contribution in [3.05, 3.63) is 59.2 Å². The molecule has 4 rings (SSSR count). The summed E-state index contributed by atoms with van der Waals surface area (Å²) in [5.41, 5.74) is 3.81. The Balaban J connectivity index is 1.74. The van der Waals surface area contributed by atoms with Crippen LogP contribution < -0.4 is 4.90 Å². The average Bonchev–Trinajstić information content (AvgIpc) is 3.30. The number of thiazole rings is 1. The van der Waals surface area contributed by atoms with E-state index < -0.39 is 0 Å². The summed E-state index contributed by atoms with van der Waals surface area (Å²) in [4.78, 5) is 19.9. The second-order valence-electron chi connectivity index (χ2n) is 6.76. The lowest BCUT2D eigenvalue weighted by Gasteiger charge is -2.24. The number of anilines is 1. The second-order valence-corrected chi connectivity index (χ2v) is 7.77. The summed E-state index contributed by atoms with van der Waals surface area (Å²) in [7, 11) is 0. The molecule has 0 aliphatic carbocycles. The lowest BCUT2D eigenvalue weighted by Crippen LogP contribution is -2.37. The first kappa shape index (κ1) is 17.2. The third-order valence-electron chi connectivity index (χ3n) is 5.00. The van der Waals surface area contributed by atoms with E-state index in [1.165, 1.54) is 0 Å². The zero-order valence-corrected chi connectivity index (χ0v) is 15.9. The van der Waals surface area contributed by atoms with E-state index >= 15 is 0 Å². The maximum absolute atomic E-state index is 13.4. The number of rotatable bonds is 4. The van der Waals surface area contributed by atoms with Gasteiger partial charge in [-0.1, -0.05) is 35.6 Å². The highest BCUT2D eigenvalue weighted by atomic mass is 32.1. The van der Waals surface area contributed by atoms with Crippen molar-refractivity contribution in [2.45, 2.75) is 32.8 Å². The molecule has 3 aromatic rings. The molecule has 0 bridgehead atoms. The molecule has 26 heavy (non-hydrogen) atoms. The minimum absolute atomic E-state index is 0.000700. The molecule has 0 unspecified atom stereocenters. The van der Waals surface area contributed by atoms with Gasteiger partial charge in [-0.25, -0.2) is 4.98 Å². The van der Waals surface area contributed by atoms with Crippen LogP contribution in [0.1, 0.15) is 34.3 Å². The summed E-state index contributed by atoms with van der Waals surface area (Å²) >= 11 is 1.56. The molecule has 1 aliphatic heterocycles. The number of ether oxygens (including phenoxy) is 1. The zero-order chi connectivity index (χ0) is 18.1. The van der Waals surface area contributed by atoms with E-state index in [4.69, 9.17) is 9.72 Å². The number of nitrogens with zero attached hydrogens (tertiary/aromatic N) is 2. The molecule has 0 spiro atoms. The Morgan fingerprint density at radius 1 is 1.23 bits per heavy atom. The molecule has 1 fully saturated rings. The van der Waals surface area contributed by atoms with Gasteiger partial charge in [0.05, 0.1) is 22.9 Å². The van der Waals surface area contributed by atoms with Gasteiger partial charge >= 0.3 is 0 Å². The Hall–Kier alpha value is -2.24. The highest BCUT2D eigenvalue weighted by molar-refractivity contribution is 7.22. The number of aromatic nitrogens is 1. The number of carbonyl (C=O) groups is 1. The fraction of sp³-hybridized carbons (Fsp3) is 0.333. The van der Waals surface area contributed by atoms with E-state index in [0.29, 0.717) is 6.54 Å². The van der Waals surface area contributed by atoms with Crippen LogP contribution in [0, 0.1) is 13.8 Å². The molecule has 1 aromatic heterocycles. The summed E-state index contributed by atoms with van der Waals surface area (Å²) in [6.45, 7) is 5.36. The first-order chi connectivity index (χ1) is 12.6. The van der Waals surface area contributed by atoms with Gasteiger partial charge in [-0.05, 0) is 56.0 Å². The number of hydrogen-bond donors (Lipinski definition) is 0. The Kier molecular flexibility index (Phi) is 4.74. The molecular weight excluding hydrogens is 344 g/mol. The summed E-state index contributed by atoms with van der Waals surface area (Å²) < 4.78 is 6.89. The monoisotopic (exact) mass is 366 g/mol. The van der Waals surface area contributed by atoms with Crippen LogP contribution in [0.15, 0.2) is 42.5 Å². The van der Waals surface area contributed by atoms with Gasteiger partial charge in [-0.15, -0.1) is 0 Å². The molecule has 1 saturated heterocycles. The smallest absolute Gasteiger partial charge is 0.260 e. The first-order valence-corrected chi connectivity index (χ1v) is 9.80. The third-order valence-corrected chi connectivity index (χ3v) is 6.06. The number of fused-ring (bicyclic) bond motifs is 1. The molecule has 1 amide bonds. The number of carbonyl (C=O) groups excluding carboxylic acids is 1. The third kappa shape index (κ3) is 3.24. The summed E-state index contributed by atoms with van der Waals surface area (Å²) in [6, 6.07) is 13.9. The SMILES string of the molecule is Cc1cccc(C(=O)N(C[C@H]2CCCO2)c2nc3ccccc3s2)c1C. The minimum Gasteiger partial charge on any atom is -0.376 e. The largest absolute Gasteiger partial charge is 0.376 e. The molecular formula is C21H22N2O2S. The van der Waals surface area contributed by atoms with Gasteiger partial charge in [-0.2, -0.15) is 0 Å². The molecule has 0 N–H and O–H groups in total. The van der Waals surface area contributed by atoms with Gasteiger partial charge in [0.15, 0.2) is 5.13 Å². The van der Waals surface area contributed by atoms with Crippen molar-refractivity contribution in [2.24, 2.45) is 0 Å². The number of hydrogen-bond acceptors (Lipinski definition) is 4. The van der Waals surface area contributed by atoms with Gasteiger partial charge < -0.3 is 4.74 Å². The van der Waals surface area contributed by atoms with Crippen LogP contribution in [0.4, 0.5) is 5.13 Å². The van der Waals surface area contributed by atoms with E-state index in [9.17, 15) is 4.79 Å². The predicted octanol–water partition coefficient (Wildman–Crippen LogP) is 4.74. The van der Waals surface area contributed by atoms with E-state index in [-0.39, 0.29) is 12.0 Å². The second kappa shape index (κ2) is 7.17. The summed E-state index contributed by atoms with van der Waals surface area (Å²) in [5, 5.41) is 0.743. The van der Waals surface area contributed by atoms with Gasteiger partial charge in [0.1, 0.15) is 0 Å². The number of para-hydroxylation sites is 1. The lowest BCUT2D eigenvalue weighted by molar-refractivity contribution is 0.0917. The number of amides is 1. The van der Waals surface area contributed by atoms with Crippen LogP contribution in [0.5, 0.6) is 0 Å². The number of aryl methyl sites for hydroxylation is 1. The summed E-state index contributed by atoms with van der Waals surface area (Å²) in [5.74, 6) is 0.000700. The van der Waals surface area contributed by atoms with E-state index in [2.05, 4.69) is 0 Å². The van der Waals surface area contributed by atoms with Crippen molar-refractivity contribution in [2.75, 3.05) is 18.1 Å². The van der Waals surface area contributed by atoms with E-state index in [0.717, 1.165) is 51.5 Å². The maximum Gasteiger partial charge on any atom is 0.260 e. The van der Waals surface area contributed by atoms with Crippen molar-refractivity contribution >= 4 is 32.6 Å². The van der Waals surface area contributed by atoms with Crippen LogP contribution in [-0.4, -0.2) is 30.1 Å². The quantitative estimate of drug-likeness (QED) is 0.670. The molecule has 1 aliphatic rings. The first-order valence-electron chi connectivity index (χ1n) is 8.99. The van der Waals surface area contributed by atoms with Gasteiger partial charge in [0, 0.05) is 12.2 Å². The standard InChI is InChI=1S/C21H22N2O2S/c1-14-7-5-9-17(15(14)2)20(24)23(13-16-8-6-12-25-16)21-22-18-10-3-4-11-19(18)26-21/h3-5,7,9-11,16H,6,8,12-13H2,1-2H3/t16-/m1/s1. The van der Waals surface area contributed by atoms with Crippen LogP contribution >= 0.6 is 11.3 Å². The highest BCUT2D eigenvalue weighted by Crippen LogP contribution is 2.31. The van der Waals surface area contributed by atoms with Crippen molar-refractivity contribution in [1.82, 2.24) is 4.98 Å². The molecule has 2 aromatic carbocycles. The average molecular weight is 366 g/mol. The molecule has 5 heteroatoms. The predicted molar refractivity (Wildman–Crippen MR) is 106 cm³/mol. The lowest BCUT2D eigenvalue weighted by atomic mass is 10.0. The Bertz CT molecular complexity index is 911. The van der Waals surface area contributed by atoms with Crippen LogP contribution in [-0.2, 0) is 4.74 Å². The number of benzene rings is 2. The van der Waals surface area contributed by atoms with Crippen molar-refractivity contribution in [1.29, 1.82) is 0 Å². The van der Waals surface area contributed by atoms with Gasteiger partial charge in [0.25, 0.3) is 5.91 Å². The highest BCUT2D eigenvalue weighted by Gasteiger charge is 2.27. The fourth-order valence-electron chi connectivity index (χ4n) is 3.34. The molecule has 0 saturated carbocycles. The summed E-state index contributed by atoms with van der Waals surface area (Å²) in [6.07, 6.45) is 2.12. The van der Waals surface area contributed by atoms with Crippen LogP contribution in [0.25, 0.3) is 10.2 Å². The maximum atomic E-state index is 13.4. The topological polar surface area (TPSA) is 42.4 Å². The van der Waals surface area contributed by atoms with E-state index in [1.807, 2.05) is 61.2 Å². The zero-order valence-electron chi connectivity index (χ0n) is 15.1. The van der Waals surface area contributed by atoms with Crippen molar-refractivity contribution in [3.63, 3.8) is 0 Å². The van der Waals surface area contributed by atoms with Crippen LogP contribution in [0.2, 0.25) is 0 Å². The molecule has 4 nitrogen and oxygen atoms in total. The van der Waals surface area contributed by atoms with Crippen molar-refractivity contribution < 1.29 is 9.53 Å².